The van der Waals surface area contributed by atoms with E-state index in [4.69, 9.17) is 11.5 Å². The van der Waals surface area contributed by atoms with Crippen LogP contribution in [0.4, 0.5) is 27.4 Å². The molecule has 6 heteroatoms. The average molecular weight is 297 g/mol. The number of pyridine rings is 1. The summed E-state index contributed by atoms with van der Waals surface area (Å²) < 4.78 is 13.7. The summed E-state index contributed by atoms with van der Waals surface area (Å²) in [6.07, 6.45) is 0. The normalized spacial score (nSPS) is 10.2. The highest BCUT2D eigenvalue weighted by atomic mass is 79.9. The number of nitrogens with one attached hydrogen (secondary N) is 1. The zero-order chi connectivity index (χ0) is 12.4. The van der Waals surface area contributed by atoms with Crippen LogP contribution in [0.2, 0.25) is 0 Å². The van der Waals surface area contributed by atoms with E-state index < -0.39 is 0 Å². The Bertz CT molecular complexity index is 510. The Labute approximate surface area is 106 Å². The van der Waals surface area contributed by atoms with E-state index in [0.29, 0.717) is 21.7 Å². The molecule has 0 radical (unpaired) electrons. The molecule has 0 bridgehead atoms. The number of nitrogens with zero attached hydrogens (tertiary/aromatic N) is 1. The molecule has 17 heavy (non-hydrogen) atoms. The molecule has 0 aliphatic heterocycles. The summed E-state index contributed by atoms with van der Waals surface area (Å²) in [5.74, 6) is 0.407. The number of benzene rings is 1. The van der Waals surface area contributed by atoms with E-state index in [2.05, 4.69) is 26.2 Å². The van der Waals surface area contributed by atoms with Crippen LogP contribution in [0.25, 0.3) is 0 Å². The second kappa shape index (κ2) is 4.58. The Morgan fingerprint density at radius 2 is 1.94 bits per heavy atom. The topological polar surface area (TPSA) is 77.0 Å². The molecule has 2 aromatic rings. The summed E-state index contributed by atoms with van der Waals surface area (Å²) in [7, 11) is 0. The molecular formula is C11H10BrFN4. The molecule has 88 valence electrons. The van der Waals surface area contributed by atoms with Crippen molar-refractivity contribution in [2.24, 2.45) is 0 Å². The number of anilines is 4. The lowest BCUT2D eigenvalue weighted by Gasteiger charge is -2.07. The van der Waals surface area contributed by atoms with Gasteiger partial charge in [-0.3, -0.25) is 0 Å². The van der Waals surface area contributed by atoms with Crippen molar-refractivity contribution in [3.05, 3.63) is 40.6 Å². The number of rotatable bonds is 2. The number of nitrogen functional groups attached to an aromatic ring is 2. The first-order valence-corrected chi connectivity index (χ1v) is 5.59. The molecule has 0 unspecified atom stereocenters. The molecule has 1 aromatic carbocycles. The van der Waals surface area contributed by atoms with Gasteiger partial charge in [-0.15, -0.1) is 0 Å². The van der Waals surface area contributed by atoms with E-state index in [-0.39, 0.29) is 11.6 Å². The summed E-state index contributed by atoms with van der Waals surface area (Å²) in [4.78, 5) is 4.03. The summed E-state index contributed by atoms with van der Waals surface area (Å²) in [5, 5.41) is 2.93. The van der Waals surface area contributed by atoms with Crippen LogP contribution in [0.15, 0.2) is 34.8 Å². The molecule has 1 heterocycles. The zero-order valence-electron chi connectivity index (χ0n) is 8.74. The quantitative estimate of drug-likeness (QED) is 0.796. The molecule has 0 spiro atoms. The molecule has 4 nitrogen and oxygen atoms in total. The number of halogens is 2. The van der Waals surface area contributed by atoms with Gasteiger partial charge in [0, 0.05) is 5.69 Å². The van der Waals surface area contributed by atoms with E-state index in [9.17, 15) is 4.39 Å². The summed E-state index contributed by atoms with van der Waals surface area (Å²) in [5.41, 5.74) is 12.1. The minimum Gasteiger partial charge on any atom is -0.396 e. The van der Waals surface area contributed by atoms with Crippen LogP contribution < -0.4 is 16.8 Å². The number of hydrogen-bond acceptors (Lipinski definition) is 4. The molecule has 0 fully saturated rings. The lowest BCUT2D eigenvalue weighted by atomic mass is 10.3. The maximum absolute atomic E-state index is 13.3. The van der Waals surface area contributed by atoms with Gasteiger partial charge in [0.25, 0.3) is 0 Å². The van der Waals surface area contributed by atoms with Crippen molar-refractivity contribution >= 4 is 38.9 Å². The lowest BCUT2D eigenvalue weighted by Crippen LogP contribution is -2.01. The second-order valence-electron chi connectivity index (χ2n) is 3.42. The van der Waals surface area contributed by atoms with Gasteiger partial charge in [0.05, 0.1) is 10.2 Å². The predicted octanol–water partition coefficient (Wildman–Crippen LogP) is 2.89. The van der Waals surface area contributed by atoms with Gasteiger partial charge in [0.15, 0.2) is 0 Å². The summed E-state index contributed by atoms with van der Waals surface area (Å²) >= 11 is 3.08. The van der Waals surface area contributed by atoms with Crippen molar-refractivity contribution in [3.8, 4) is 0 Å². The van der Waals surface area contributed by atoms with Gasteiger partial charge < -0.3 is 16.8 Å². The maximum Gasteiger partial charge on any atom is 0.149 e. The minimum absolute atomic E-state index is 0.243. The standard InChI is InChI=1S/C11H10BrFN4/c12-7-2-1-6(5-8(7)13)16-10-4-3-9(14)11(15)17-10/h1-5H,14H2,(H3,15,16,17). The average Bonchev–Trinajstić information content (AvgIpc) is 2.29. The van der Waals surface area contributed by atoms with Gasteiger partial charge in [-0.2, -0.15) is 0 Å². The molecule has 5 N–H and O–H groups in total. The minimum atomic E-state index is -0.349. The third-order valence-electron chi connectivity index (χ3n) is 2.15. The van der Waals surface area contributed by atoms with Crippen LogP contribution in [0.5, 0.6) is 0 Å². The van der Waals surface area contributed by atoms with Crippen LogP contribution in [-0.4, -0.2) is 4.98 Å². The molecule has 0 aliphatic rings. The highest BCUT2D eigenvalue weighted by Gasteiger charge is 2.03. The summed E-state index contributed by atoms with van der Waals surface area (Å²) in [6.45, 7) is 0. The van der Waals surface area contributed by atoms with Crippen LogP contribution in [0.1, 0.15) is 0 Å². The smallest absolute Gasteiger partial charge is 0.149 e. The monoisotopic (exact) mass is 296 g/mol. The van der Waals surface area contributed by atoms with Crippen molar-refractivity contribution in [3.63, 3.8) is 0 Å². The first-order chi connectivity index (χ1) is 8.06. The van der Waals surface area contributed by atoms with Gasteiger partial charge in [-0.05, 0) is 46.3 Å². The van der Waals surface area contributed by atoms with E-state index in [1.807, 2.05) is 0 Å². The van der Waals surface area contributed by atoms with Crippen molar-refractivity contribution in [1.82, 2.24) is 4.98 Å². The summed E-state index contributed by atoms with van der Waals surface area (Å²) in [6, 6.07) is 8.00. The van der Waals surface area contributed by atoms with Crippen molar-refractivity contribution in [2.75, 3.05) is 16.8 Å². The molecule has 2 rings (SSSR count). The van der Waals surface area contributed by atoms with Gasteiger partial charge >= 0.3 is 0 Å². The SMILES string of the molecule is Nc1ccc(Nc2ccc(Br)c(F)c2)nc1N. The number of aromatic nitrogens is 1. The van der Waals surface area contributed by atoms with Crippen LogP contribution in [0, 0.1) is 5.82 Å². The fourth-order valence-corrected chi connectivity index (χ4v) is 1.52. The second-order valence-corrected chi connectivity index (χ2v) is 4.28. The Morgan fingerprint density at radius 1 is 1.18 bits per heavy atom. The van der Waals surface area contributed by atoms with Crippen LogP contribution in [0.3, 0.4) is 0 Å². The van der Waals surface area contributed by atoms with Crippen molar-refractivity contribution < 1.29 is 4.39 Å². The highest BCUT2D eigenvalue weighted by Crippen LogP contribution is 2.23. The Morgan fingerprint density at radius 3 is 2.59 bits per heavy atom. The largest absolute Gasteiger partial charge is 0.396 e. The van der Waals surface area contributed by atoms with Gasteiger partial charge in [0.1, 0.15) is 17.5 Å². The Kier molecular flexibility index (Phi) is 3.14. The zero-order valence-corrected chi connectivity index (χ0v) is 10.3. The third-order valence-corrected chi connectivity index (χ3v) is 2.79. The van der Waals surface area contributed by atoms with Crippen LogP contribution >= 0.6 is 15.9 Å². The maximum atomic E-state index is 13.3. The third kappa shape index (κ3) is 2.65. The van der Waals surface area contributed by atoms with Gasteiger partial charge in [0.2, 0.25) is 0 Å². The molecule has 0 amide bonds. The van der Waals surface area contributed by atoms with E-state index in [0.717, 1.165) is 0 Å². The molecule has 0 aliphatic carbocycles. The number of hydrogen-bond donors (Lipinski definition) is 3. The molecular weight excluding hydrogens is 287 g/mol. The fourth-order valence-electron chi connectivity index (χ4n) is 1.28. The molecule has 1 aromatic heterocycles. The lowest BCUT2D eigenvalue weighted by molar-refractivity contribution is 0.622. The molecule has 0 saturated carbocycles. The first kappa shape index (κ1) is 11.7. The highest BCUT2D eigenvalue weighted by molar-refractivity contribution is 9.10. The molecule has 0 atom stereocenters. The number of nitrogens with two attached hydrogens (primary N) is 2. The Balaban J connectivity index is 2.25. The van der Waals surface area contributed by atoms with Crippen molar-refractivity contribution in [1.29, 1.82) is 0 Å². The van der Waals surface area contributed by atoms with Crippen LogP contribution in [-0.2, 0) is 0 Å². The molecule has 0 saturated heterocycles. The van der Waals surface area contributed by atoms with Gasteiger partial charge in [-0.1, -0.05) is 0 Å². The van der Waals surface area contributed by atoms with Gasteiger partial charge in [-0.25, -0.2) is 9.37 Å². The fraction of sp³-hybridized carbons (Fsp3) is 0. The van der Waals surface area contributed by atoms with E-state index in [1.165, 1.54) is 6.07 Å². The van der Waals surface area contributed by atoms with E-state index in [1.54, 1.807) is 24.3 Å². The van der Waals surface area contributed by atoms with E-state index >= 15 is 0 Å². The first-order valence-electron chi connectivity index (χ1n) is 4.80. The predicted molar refractivity (Wildman–Crippen MR) is 70.4 cm³/mol. The van der Waals surface area contributed by atoms with Crippen molar-refractivity contribution in [2.45, 2.75) is 0 Å². The Hall–Kier alpha value is -1.82.